The fourth-order valence-electron chi connectivity index (χ4n) is 2.47. The molecule has 0 spiro atoms. The number of halogens is 3. The van der Waals surface area contributed by atoms with Gasteiger partial charge in [0.25, 0.3) is 0 Å². The number of alkyl halides is 3. The van der Waals surface area contributed by atoms with Gasteiger partial charge in [0.15, 0.2) is 11.5 Å². The van der Waals surface area contributed by atoms with Gasteiger partial charge in [0, 0.05) is 12.6 Å². The average molecular weight is 403 g/mol. The first-order valence-electron chi connectivity index (χ1n) is 7.91. The van der Waals surface area contributed by atoms with Crippen LogP contribution in [0.4, 0.5) is 13.2 Å². The third-order valence-corrected chi connectivity index (χ3v) is 5.33. The molecular weight excluding hydrogens is 387 g/mol. The molecule has 10 heteroatoms. The maximum atomic E-state index is 12.6. The lowest BCUT2D eigenvalue weighted by Crippen LogP contribution is -2.28. The Morgan fingerprint density at radius 3 is 2.30 bits per heavy atom. The third-order valence-electron chi connectivity index (χ3n) is 3.91. The number of aliphatic hydroxyl groups excluding tert-OH is 1. The minimum Gasteiger partial charge on any atom is -0.486 e. The molecule has 0 aromatic heterocycles. The molecule has 0 saturated carbocycles. The zero-order valence-corrected chi connectivity index (χ0v) is 14.7. The minimum atomic E-state index is -4.48. The molecule has 0 bridgehead atoms. The Labute approximate surface area is 153 Å². The average Bonchev–Trinajstić information content (AvgIpc) is 2.65. The lowest BCUT2D eigenvalue weighted by molar-refractivity contribution is -0.137. The van der Waals surface area contributed by atoms with E-state index in [1.807, 2.05) is 0 Å². The Balaban J connectivity index is 1.68. The van der Waals surface area contributed by atoms with E-state index < -0.39 is 34.4 Å². The second-order valence-corrected chi connectivity index (χ2v) is 7.56. The van der Waals surface area contributed by atoms with E-state index in [1.54, 1.807) is 0 Å². The van der Waals surface area contributed by atoms with E-state index in [2.05, 4.69) is 4.72 Å². The standard InChI is InChI=1S/C17H16F3NO5S/c18-17(19,20)12-3-1-11(2-4-12)14(22)10-21-27(23,24)13-5-6-15-16(9-13)26-8-7-25-15/h1-6,9,14,21-22H,7-8,10H2. The summed E-state index contributed by atoms with van der Waals surface area (Å²) in [5.74, 6) is 0.734. The molecule has 1 heterocycles. The van der Waals surface area contributed by atoms with Crippen LogP contribution in [-0.2, 0) is 16.2 Å². The summed E-state index contributed by atoms with van der Waals surface area (Å²) in [6, 6.07) is 7.97. The fourth-order valence-corrected chi connectivity index (χ4v) is 3.53. The SMILES string of the molecule is O=S(=O)(NCC(O)c1ccc(C(F)(F)F)cc1)c1ccc2c(c1)OCCO2. The summed E-state index contributed by atoms with van der Waals surface area (Å²) < 4.78 is 75.3. The highest BCUT2D eigenvalue weighted by molar-refractivity contribution is 7.89. The van der Waals surface area contributed by atoms with Crippen LogP contribution in [0.25, 0.3) is 0 Å². The monoisotopic (exact) mass is 403 g/mol. The van der Waals surface area contributed by atoms with Crippen LogP contribution in [-0.4, -0.2) is 33.3 Å². The largest absolute Gasteiger partial charge is 0.486 e. The molecule has 0 aliphatic carbocycles. The topological polar surface area (TPSA) is 84.9 Å². The van der Waals surface area contributed by atoms with E-state index in [-0.39, 0.29) is 10.5 Å². The third kappa shape index (κ3) is 4.52. The van der Waals surface area contributed by atoms with Crippen molar-refractivity contribution in [2.75, 3.05) is 19.8 Å². The predicted octanol–water partition coefficient (Wildman–Crippen LogP) is 2.49. The Hall–Kier alpha value is -2.30. The van der Waals surface area contributed by atoms with Crippen LogP contribution in [0.5, 0.6) is 11.5 Å². The first-order chi connectivity index (χ1) is 12.7. The van der Waals surface area contributed by atoms with Crippen molar-refractivity contribution < 1.29 is 36.2 Å². The first kappa shape index (κ1) is 19.5. The summed E-state index contributed by atoms with van der Waals surface area (Å²) >= 11 is 0. The molecule has 2 N–H and O–H groups in total. The molecule has 1 aliphatic heterocycles. The zero-order chi connectivity index (χ0) is 19.7. The van der Waals surface area contributed by atoms with E-state index in [9.17, 15) is 26.7 Å². The molecule has 1 aliphatic rings. The maximum absolute atomic E-state index is 12.6. The molecule has 0 amide bonds. The second kappa shape index (κ2) is 7.37. The summed E-state index contributed by atoms with van der Waals surface area (Å²) in [5, 5.41) is 10.1. The molecule has 0 fully saturated rings. The first-order valence-corrected chi connectivity index (χ1v) is 9.40. The normalized spacial score (nSPS) is 15.4. The molecule has 0 radical (unpaired) electrons. The molecule has 6 nitrogen and oxygen atoms in total. The molecule has 146 valence electrons. The van der Waals surface area contributed by atoms with Gasteiger partial charge in [0.2, 0.25) is 10.0 Å². The number of rotatable bonds is 5. The lowest BCUT2D eigenvalue weighted by Gasteiger charge is -2.19. The van der Waals surface area contributed by atoms with Crippen LogP contribution >= 0.6 is 0 Å². The molecule has 2 aromatic rings. The van der Waals surface area contributed by atoms with Gasteiger partial charge in [0.1, 0.15) is 13.2 Å². The molecule has 3 rings (SSSR count). The number of fused-ring (bicyclic) bond motifs is 1. The Morgan fingerprint density at radius 2 is 1.67 bits per heavy atom. The fraction of sp³-hybridized carbons (Fsp3) is 0.294. The number of nitrogens with one attached hydrogen (secondary N) is 1. The van der Waals surface area contributed by atoms with Crippen molar-refractivity contribution in [2.24, 2.45) is 0 Å². The highest BCUT2D eigenvalue weighted by atomic mass is 32.2. The summed E-state index contributed by atoms with van der Waals surface area (Å²) in [6.45, 7) is 0.273. The molecule has 1 unspecified atom stereocenters. The van der Waals surface area contributed by atoms with Gasteiger partial charge in [-0.05, 0) is 29.8 Å². The van der Waals surface area contributed by atoms with Crippen LogP contribution in [0.15, 0.2) is 47.4 Å². The minimum absolute atomic E-state index is 0.0774. The molecule has 2 aromatic carbocycles. The van der Waals surface area contributed by atoms with Crippen LogP contribution in [0, 0.1) is 0 Å². The van der Waals surface area contributed by atoms with Crippen molar-refractivity contribution in [3.8, 4) is 11.5 Å². The Bertz CT molecular complexity index is 913. The van der Waals surface area contributed by atoms with Gasteiger partial charge < -0.3 is 14.6 Å². The number of hydrogen-bond donors (Lipinski definition) is 2. The van der Waals surface area contributed by atoms with E-state index >= 15 is 0 Å². The van der Waals surface area contributed by atoms with Crippen molar-refractivity contribution in [3.63, 3.8) is 0 Å². The van der Waals surface area contributed by atoms with Crippen LogP contribution < -0.4 is 14.2 Å². The number of aliphatic hydroxyl groups is 1. The van der Waals surface area contributed by atoms with Crippen LogP contribution in [0.3, 0.4) is 0 Å². The Kier molecular flexibility index (Phi) is 5.31. The predicted molar refractivity (Wildman–Crippen MR) is 89.0 cm³/mol. The molecular formula is C17H16F3NO5S. The van der Waals surface area contributed by atoms with Crippen molar-refractivity contribution in [1.29, 1.82) is 0 Å². The van der Waals surface area contributed by atoms with Gasteiger partial charge in [0.05, 0.1) is 16.6 Å². The quantitative estimate of drug-likeness (QED) is 0.801. The smallest absolute Gasteiger partial charge is 0.416 e. The lowest BCUT2D eigenvalue weighted by atomic mass is 10.1. The van der Waals surface area contributed by atoms with Gasteiger partial charge in [-0.25, -0.2) is 13.1 Å². The number of sulfonamides is 1. The summed E-state index contributed by atoms with van der Waals surface area (Å²) in [5.41, 5.74) is -0.691. The van der Waals surface area contributed by atoms with Crippen LogP contribution in [0.2, 0.25) is 0 Å². The molecule has 27 heavy (non-hydrogen) atoms. The van der Waals surface area contributed by atoms with Crippen molar-refractivity contribution >= 4 is 10.0 Å². The van der Waals surface area contributed by atoms with Gasteiger partial charge in [-0.15, -0.1) is 0 Å². The van der Waals surface area contributed by atoms with Crippen molar-refractivity contribution in [1.82, 2.24) is 4.72 Å². The van der Waals surface area contributed by atoms with E-state index in [1.165, 1.54) is 18.2 Å². The summed E-state index contributed by atoms with van der Waals surface area (Å²) in [7, 11) is -3.95. The maximum Gasteiger partial charge on any atom is 0.416 e. The van der Waals surface area contributed by atoms with E-state index in [0.717, 1.165) is 24.3 Å². The number of ether oxygens (including phenoxy) is 2. The Morgan fingerprint density at radius 1 is 1.04 bits per heavy atom. The van der Waals surface area contributed by atoms with Gasteiger partial charge in [-0.3, -0.25) is 0 Å². The van der Waals surface area contributed by atoms with Crippen LogP contribution in [0.1, 0.15) is 17.2 Å². The van der Waals surface area contributed by atoms with E-state index in [4.69, 9.17) is 9.47 Å². The highest BCUT2D eigenvalue weighted by Crippen LogP contribution is 2.32. The van der Waals surface area contributed by atoms with Crippen molar-refractivity contribution in [3.05, 3.63) is 53.6 Å². The molecule has 0 saturated heterocycles. The van der Waals surface area contributed by atoms with Gasteiger partial charge in [-0.1, -0.05) is 12.1 Å². The summed E-state index contributed by atoms with van der Waals surface area (Å²) in [4.78, 5) is -0.0774. The number of hydrogen-bond acceptors (Lipinski definition) is 5. The molecule has 1 atom stereocenters. The van der Waals surface area contributed by atoms with E-state index in [0.29, 0.717) is 24.7 Å². The van der Waals surface area contributed by atoms with Crippen molar-refractivity contribution in [2.45, 2.75) is 17.2 Å². The summed E-state index contributed by atoms with van der Waals surface area (Å²) in [6.07, 6.45) is -5.79. The highest BCUT2D eigenvalue weighted by Gasteiger charge is 2.30. The number of benzene rings is 2. The van der Waals surface area contributed by atoms with Gasteiger partial charge >= 0.3 is 6.18 Å². The second-order valence-electron chi connectivity index (χ2n) is 5.79. The zero-order valence-electron chi connectivity index (χ0n) is 13.9. The van der Waals surface area contributed by atoms with Gasteiger partial charge in [-0.2, -0.15) is 13.2 Å².